The van der Waals surface area contributed by atoms with Crippen molar-refractivity contribution in [2.24, 2.45) is 0 Å². The number of hydrogen-bond acceptors (Lipinski definition) is 3. The van der Waals surface area contributed by atoms with E-state index >= 15 is 0 Å². The van der Waals surface area contributed by atoms with Crippen LogP contribution < -0.4 is 5.32 Å². The Morgan fingerprint density at radius 1 is 1.37 bits per heavy atom. The SMILES string of the molecule is CC(C)(C)OC(=O)N[C@@H](CO)Cc1ccc(F)cc1. The van der Waals surface area contributed by atoms with E-state index in [1.807, 2.05) is 0 Å². The summed E-state index contributed by atoms with van der Waals surface area (Å²) in [6, 6.07) is 5.47. The maximum absolute atomic E-state index is 12.8. The highest BCUT2D eigenvalue weighted by molar-refractivity contribution is 5.68. The Hall–Kier alpha value is -1.62. The van der Waals surface area contributed by atoms with Crippen molar-refractivity contribution in [2.45, 2.75) is 38.8 Å². The van der Waals surface area contributed by atoms with Crippen LogP contribution in [0.1, 0.15) is 26.3 Å². The van der Waals surface area contributed by atoms with Crippen LogP contribution in [0.3, 0.4) is 0 Å². The van der Waals surface area contributed by atoms with Gasteiger partial charge in [0.25, 0.3) is 0 Å². The molecule has 0 bridgehead atoms. The van der Waals surface area contributed by atoms with Crippen LogP contribution in [0.15, 0.2) is 24.3 Å². The number of benzene rings is 1. The van der Waals surface area contributed by atoms with Gasteiger partial charge in [-0.1, -0.05) is 12.1 Å². The van der Waals surface area contributed by atoms with Crippen molar-refractivity contribution < 1.29 is 19.0 Å². The van der Waals surface area contributed by atoms with Crippen molar-refractivity contribution in [3.8, 4) is 0 Å². The molecule has 0 spiro atoms. The molecule has 0 unspecified atom stereocenters. The summed E-state index contributed by atoms with van der Waals surface area (Å²) in [5.74, 6) is -0.315. The monoisotopic (exact) mass is 269 g/mol. The van der Waals surface area contributed by atoms with Gasteiger partial charge < -0.3 is 15.2 Å². The van der Waals surface area contributed by atoms with Gasteiger partial charge in [0.2, 0.25) is 0 Å². The summed E-state index contributed by atoms with van der Waals surface area (Å²) in [6.45, 7) is 5.08. The van der Waals surface area contributed by atoms with Gasteiger partial charge in [-0.2, -0.15) is 0 Å². The molecule has 0 aliphatic heterocycles. The lowest BCUT2D eigenvalue weighted by atomic mass is 10.1. The third-order valence-corrected chi connectivity index (χ3v) is 2.34. The first-order valence-electron chi connectivity index (χ1n) is 6.15. The molecule has 0 saturated heterocycles. The van der Waals surface area contributed by atoms with Gasteiger partial charge in [-0.3, -0.25) is 0 Å². The minimum atomic E-state index is -0.583. The van der Waals surface area contributed by atoms with Crippen LogP contribution in [-0.4, -0.2) is 29.4 Å². The molecule has 106 valence electrons. The lowest BCUT2D eigenvalue weighted by Crippen LogP contribution is -2.42. The number of aliphatic hydroxyl groups excluding tert-OH is 1. The Balaban J connectivity index is 2.54. The van der Waals surface area contributed by atoms with E-state index in [1.165, 1.54) is 12.1 Å². The number of nitrogens with one attached hydrogen (secondary N) is 1. The third kappa shape index (κ3) is 6.20. The number of carbonyl (C=O) groups is 1. The highest BCUT2D eigenvalue weighted by Gasteiger charge is 2.19. The van der Waals surface area contributed by atoms with Gasteiger partial charge >= 0.3 is 6.09 Å². The van der Waals surface area contributed by atoms with Crippen LogP contribution in [0.5, 0.6) is 0 Å². The largest absolute Gasteiger partial charge is 0.444 e. The number of amides is 1. The second-order valence-corrected chi connectivity index (χ2v) is 5.36. The van der Waals surface area contributed by atoms with Crippen LogP contribution in [0, 0.1) is 5.82 Å². The molecule has 2 N–H and O–H groups in total. The molecule has 0 fully saturated rings. The quantitative estimate of drug-likeness (QED) is 0.881. The van der Waals surface area contributed by atoms with E-state index in [9.17, 15) is 14.3 Å². The van der Waals surface area contributed by atoms with Crippen LogP contribution in [0.2, 0.25) is 0 Å². The lowest BCUT2D eigenvalue weighted by molar-refractivity contribution is 0.0483. The van der Waals surface area contributed by atoms with E-state index in [4.69, 9.17) is 4.74 Å². The molecule has 0 saturated carbocycles. The first kappa shape index (κ1) is 15.4. The zero-order chi connectivity index (χ0) is 14.5. The van der Waals surface area contributed by atoms with Gasteiger partial charge in [0, 0.05) is 0 Å². The Bertz CT molecular complexity index is 412. The van der Waals surface area contributed by atoms with Crippen molar-refractivity contribution in [1.29, 1.82) is 0 Å². The molecule has 1 aromatic carbocycles. The zero-order valence-corrected chi connectivity index (χ0v) is 11.4. The molecule has 4 nitrogen and oxygen atoms in total. The van der Waals surface area contributed by atoms with Gasteiger partial charge in [-0.25, -0.2) is 9.18 Å². The first-order valence-corrected chi connectivity index (χ1v) is 6.15. The molecule has 0 aromatic heterocycles. The number of aliphatic hydroxyl groups is 1. The molecular formula is C14H20FNO3. The van der Waals surface area contributed by atoms with Crippen molar-refractivity contribution in [3.63, 3.8) is 0 Å². The maximum Gasteiger partial charge on any atom is 0.407 e. The number of carbonyl (C=O) groups excluding carboxylic acids is 1. The Morgan fingerprint density at radius 2 is 1.95 bits per heavy atom. The van der Waals surface area contributed by atoms with Crippen molar-refractivity contribution in [3.05, 3.63) is 35.6 Å². The number of alkyl carbamates (subject to hydrolysis) is 1. The first-order chi connectivity index (χ1) is 8.80. The average Bonchev–Trinajstić information content (AvgIpc) is 2.28. The predicted molar refractivity (Wildman–Crippen MR) is 70.3 cm³/mol. The molecule has 0 heterocycles. The summed E-state index contributed by atoms with van der Waals surface area (Å²) in [4.78, 5) is 11.6. The Kier molecular flexibility index (Phi) is 5.30. The van der Waals surface area contributed by atoms with E-state index in [0.29, 0.717) is 6.42 Å². The highest BCUT2D eigenvalue weighted by Crippen LogP contribution is 2.09. The predicted octanol–water partition coefficient (Wildman–Crippen LogP) is 2.25. The fraction of sp³-hybridized carbons (Fsp3) is 0.500. The molecule has 1 atom stereocenters. The van der Waals surface area contributed by atoms with Crippen LogP contribution in [0.25, 0.3) is 0 Å². The summed E-state index contributed by atoms with van der Waals surface area (Å²) in [5.41, 5.74) is 0.247. The molecule has 0 aliphatic carbocycles. The molecule has 0 radical (unpaired) electrons. The molecule has 1 amide bonds. The van der Waals surface area contributed by atoms with Crippen LogP contribution in [0.4, 0.5) is 9.18 Å². The van der Waals surface area contributed by atoms with E-state index < -0.39 is 17.7 Å². The van der Waals surface area contributed by atoms with E-state index in [1.54, 1.807) is 32.9 Å². The molecule has 1 rings (SSSR count). The summed E-state index contributed by atoms with van der Waals surface area (Å²) in [7, 11) is 0. The summed E-state index contributed by atoms with van der Waals surface area (Å²) < 4.78 is 17.9. The number of halogens is 1. The molecule has 0 aliphatic rings. The van der Waals surface area contributed by atoms with Crippen LogP contribution in [-0.2, 0) is 11.2 Å². The van der Waals surface area contributed by atoms with Gasteiger partial charge in [0.1, 0.15) is 11.4 Å². The van der Waals surface area contributed by atoms with Crippen molar-refractivity contribution >= 4 is 6.09 Å². The van der Waals surface area contributed by atoms with E-state index in [0.717, 1.165) is 5.56 Å². The number of rotatable bonds is 4. The number of ether oxygens (including phenoxy) is 1. The van der Waals surface area contributed by atoms with E-state index in [2.05, 4.69) is 5.32 Å². The normalized spacial score (nSPS) is 12.9. The second kappa shape index (κ2) is 6.52. The molecule has 5 heteroatoms. The summed E-state index contributed by atoms with van der Waals surface area (Å²) in [5, 5.41) is 11.8. The topological polar surface area (TPSA) is 58.6 Å². The minimum Gasteiger partial charge on any atom is -0.444 e. The smallest absolute Gasteiger partial charge is 0.407 e. The number of hydrogen-bond donors (Lipinski definition) is 2. The minimum absolute atomic E-state index is 0.212. The average molecular weight is 269 g/mol. The fourth-order valence-corrected chi connectivity index (χ4v) is 1.54. The highest BCUT2D eigenvalue weighted by atomic mass is 19.1. The zero-order valence-electron chi connectivity index (χ0n) is 11.4. The Morgan fingerprint density at radius 3 is 2.42 bits per heavy atom. The molecule has 1 aromatic rings. The van der Waals surface area contributed by atoms with Crippen molar-refractivity contribution in [1.82, 2.24) is 5.32 Å². The summed E-state index contributed by atoms with van der Waals surface area (Å²) >= 11 is 0. The van der Waals surface area contributed by atoms with Gasteiger partial charge in [-0.05, 0) is 44.9 Å². The Labute approximate surface area is 112 Å². The summed E-state index contributed by atoms with van der Waals surface area (Å²) in [6.07, 6.45) is -0.163. The van der Waals surface area contributed by atoms with Gasteiger partial charge in [0.15, 0.2) is 0 Å². The van der Waals surface area contributed by atoms with Gasteiger partial charge in [0.05, 0.1) is 12.6 Å². The lowest BCUT2D eigenvalue weighted by Gasteiger charge is -2.22. The second-order valence-electron chi connectivity index (χ2n) is 5.36. The van der Waals surface area contributed by atoms with Crippen LogP contribution >= 0.6 is 0 Å². The van der Waals surface area contributed by atoms with E-state index in [-0.39, 0.29) is 12.4 Å². The van der Waals surface area contributed by atoms with Gasteiger partial charge in [-0.15, -0.1) is 0 Å². The molecular weight excluding hydrogens is 249 g/mol. The molecule has 19 heavy (non-hydrogen) atoms. The van der Waals surface area contributed by atoms with Crippen molar-refractivity contribution in [2.75, 3.05) is 6.61 Å². The maximum atomic E-state index is 12.8. The standard InChI is InChI=1S/C14H20FNO3/c1-14(2,3)19-13(18)16-12(9-17)8-10-4-6-11(15)7-5-10/h4-7,12,17H,8-9H2,1-3H3,(H,16,18)/t12-/m1/s1. The third-order valence-electron chi connectivity index (χ3n) is 2.34. The fourth-order valence-electron chi connectivity index (χ4n) is 1.54.